The van der Waals surface area contributed by atoms with Gasteiger partial charge in [-0.3, -0.25) is 4.79 Å². The SMILES string of the molecule is Cc1ccc(NC(=O)COc2cccc3c2CCC[C@H]3O)cc1. The van der Waals surface area contributed by atoms with Crippen molar-refractivity contribution < 1.29 is 14.6 Å². The van der Waals surface area contributed by atoms with Gasteiger partial charge in [0.05, 0.1) is 6.10 Å². The second kappa shape index (κ2) is 6.84. The first-order valence-corrected chi connectivity index (χ1v) is 7.92. The maximum atomic E-state index is 12.0. The van der Waals surface area contributed by atoms with Gasteiger partial charge in [-0.15, -0.1) is 0 Å². The highest BCUT2D eigenvalue weighted by Gasteiger charge is 2.21. The van der Waals surface area contributed by atoms with Crippen LogP contribution in [0.25, 0.3) is 0 Å². The van der Waals surface area contributed by atoms with E-state index in [4.69, 9.17) is 4.74 Å². The molecule has 1 aliphatic carbocycles. The fourth-order valence-electron chi connectivity index (χ4n) is 2.90. The molecule has 2 aromatic carbocycles. The van der Waals surface area contributed by atoms with Gasteiger partial charge >= 0.3 is 0 Å². The van der Waals surface area contributed by atoms with E-state index in [1.54, 1.807) is 0 Å². The first-order chi connectivity index (χ1) is 11.1. The van der Waals surface area contributed by atoms with Gasteiger partial charge in [0.1, 0.15) is 5.75 Å². The molecule has 4 heteroatoms. The molecule has 0 fully saturated rings. The monoisotopic (exact) mass is 311 g/mol. The molecule has 1 aliphatic rings. The number of rotatable bonds is 4. The highest BCUT2D eigenvalue weighted by molar-refractivity contribution is 5.91. The largest absolute Gasteiger partial charge is 0.483 e. The van der Waals surface area contributed by atoms with Crippen molar-refractivity contribution in [1.82, 2.24) is 0 Å². The molecular weight excluding hydrogens is 290 g/mol. The molecule has 2 N–H and O–H groups in total. The first kappa shape index (κ1) is 15.6. The number of carbonyl (C=O) groups is 1. The number of aliphatic hydroxyl groups excluding tert-OH is 1. The van der Waals surface area contributed by atoms with Gasteiger partial charge in [-0.25, -0.2) is 0 Å². The van der Waals surface area contributed by atoms with Crippen molar-refractivity contribution in [3.63, 3.8) is 0 Å². The molecule has 1 amide bonds. The highest BCUT2D eigenvalue weighted by Crippen LogP contribution is 2.35. The summed E-state index contributed by atoms with van der Waals surface area (Å²) in [6.45, 7) is 1.96. The molecule has 3 rings (SSSR count). The van der Waals surface area contributed by atoms with Crippen molar-refractivity contribution in [3.8, 4) is 5.75 Å². The maximum absolute atomic E-state index is 12.0. The number of nitrogens with one attached hydrogen (secondary N) is 1. The Morgan fingerprint density at radius 1 is 1.26 bits per heavy atom. The molecule has 0 unspecified atom stereocenters. The Morgan fingerprint density at radius 3 is 2.83 bits per heavy atom. The van der Waals surface area contributed by atoms with E-state index in [-0.39, 0.29) is 12.5 Å². The molecular formula is C19H21NO3. The van der Waals surface area contributed by atoms with E-state index in [1.807, 2.05) is 49.4 Å². The molecule has 4 nitrogen and oxygen atoms in total. The molecule has 23 heavy (non-hydrogen) atoms. The van der Waals surface area contributed by atoms with Gasteiger partial charge in [-0.1, -0.05) is 29.8 Å². The lowest BCUT2D eigenvalue weighted by Crippen LogP contribution is -2.21. The van der Waals surface area contributed by atoms with Gasteiger partial charge in [0.15, 0.2) is 6.61 Å². The van der Waals surface area contributed by atoms with Gasteiger partial charge in [0, 0.05) is 5.69 Å². The molecule has 0 saturated carbocycles. The number of carbonyl (C=O) groups excluding carboxylic acids is 1. The van der Waals surface area contributed by atoms with E-state index in [1.165, 1.54) is 0 Å². The molecule has 0 bridgehead atoms. The second-order valence-corrected chi connectivity index (χ2v) is 5.93. The minimum atomic E-state index is -0.427. The fraction of sp³-hybridized carbons (Fsp3) is 0.316. The Balaban J connectivity index is 1.63. The lowest BCUT2D eigenvalue weighted by atomic mass is 9.89. The summed E-state index contributed by atoms with van der Waals surface area (Å²) in [5, 5.41) is 12.9. The summed E-state index contributed by atoms with van der Waals surface area (Å²) in [6, 6.07) is 13.3. The predicted octanol–water partition coefficient (Wildman–Crippen LogP) is 3.38. The molecule has 0 saturated heterocycles. The summed E-state index contributed by atoms with van der Waals surface area (Å²) in [4.78, 5) is 12.0. The highest BCUT2D eigenvalue weighted by atomic mass is 16.5. The molecule has 2 aromatic rings. The Kier molecular flexibility index (Phi) is 4.63. The zero-order chi connectivity index (χ0) is 16.2. The van der Waals surface area contributed by atoms with Crippen LogP contribution >= 0.6 is 0 Å². The Labute approximate surface area is 136 Å². The number of fused-ring (bicyclic) bond motifs is 1. The predicted molar refractivity (Wildman–Crippen MR) is 89.6 cm³/mol. The van der Waals surface area contributed by atoms with Crippen LogP contribution in [0, 0.1) is 6.92 Å². The van der Waals surface area contributed by atoms with Crippen molar-refractivity contribution >= 4 is 11.6 Å². The number of aryl methyl sites for hydroxylation is 1. The van der Waals surface area contributed by atoms with Crippen molar-refractivity contribution in [2.24, 2.45) is 0 Å². The smallest absolute Gasteiger partial charge is 0.262 e. The average Bonchev–Trinajstić information content (AvgIpc) is 2.55. The normalized spacial score (nSPS) is 16.5. The van der Waals surface area contributed by atoms with Crippen molar-refractivity contribution in [2.45, 2.75) is 32.3 Å². The van der Waals surface area contributed by atoms with Crippen molar-refractivity contribution in [3.05, 3.63) is 59.2 Å². The van der Waals surface area contributed by atoms with Crippen molar-refractivity contribution in [2.75, 3.05) is 11.9 Å². The lowest BCUT2D eigenvalue weighted by molar-refractivity contribution is -0.118. The Morgan fingerprint density at radius 2 is 2.04 bits per heavy atom. The number of hydrogen-bond donors (Lipinski definition) is 2. The van der Waals surface area contributed by atoms with Crippen molar-refractivity contribution in [1.29, 1.82) is 0 Å². The average molecular weight is 311 g/mol. The second-order valence-electron chi connectivity index (χ2n) is 5.93. The van der Waals surface area contributed by atoms with Gasteiger partial charge in [0.2, 0.25) is 0 Å². The molecule has 0 radical (unpaired) electrons. The van der Waals surface area contributed by atoms with Crippen LogP contribution in [-0.2, 0) is 11.2 Å². The topological polar surface area (TPSA) is 58.6 Å². The summed E-state index contributed by atoms with van der Waals surface area (Å²) in [5.74, 6) is 0.503. The summed E-state index contributed by atoms with van der Waals surface area (Å²) in [7, 11) is 0. The Bertz CT molecular complexity index is 694. The first-order valence-electron chi connectivity index (χ1n) is 7.92. The molecule has 0 aromatic heterocycles. The van der Waals surface area contributed by atoms with Gasteiger partial charge < -0.3 is 15.2 Å². The number of amides is 1. The maximum Gasteiger partial charge on any atom is 0.262 e. The van der Waals surface area contributed by atoms with E-state index in [9.17, 15) is 9.90 Å². The van der Waals surface area contributed by atoms with Crippen LogP contribution in [0.1, 0.15) is 35.6 Å². The zero-order valence-corrected chi connectivity index (χ0v) is 13.2. The molecule has 0 spiro atoms. The summed E-state index contributed by atoms with van der Waals surface area (Å²) < 4.78 is 5.69. The van der Waals surface area contributed by atoms with Gasteiger partial charge in [-0.2, -0.15) is 0 Å². The zero-order valence-electron chi connectivity index (χ0n) is 13.2. The number of hydrogen-bond acceptors (Lipinski definition) is 3. The standard InChI is InChI=1S/C19H21NO3/c1-13-8-10-14(11-9-13)20-19(22)12-23-18-7-3-4-15-16(18)5-2-6-17(15)21/h3-4,7-11,17,21H,2,5-6,12H2,1H3,(H,20,22)/t17-/m1/s1. The van der Waals surface area contributed by atoms with Gasteiger partial charge in [-0.05, 0) is 55.5 Å². The van der Waals surface area contributed by atoms with E-state index in [0.717, 1.165) is 41.6 Å². The number of aliphatic hydroxyl groups is 1. The van der Waals surface area contributed by atoms with Crippen LogP contribution < -0.4 is 10.1 Å². The van der Waals surface area contributed by atoms with Crippen LogP contribution in [0.3, 0.4) is 0 Å². The van der Waals surface area contributed by atoms with E-state index >= 15 is 0 Å². The van der Waals surface area contributed by atoms with Crippen LogP contribution in [0.15, 0.2) is 42.5 Å². The third-order valence-electron chi connectivity index (χ3n) is 4.13. The van der Waals surface area contributed by atoms with E-state index < -0.39 is 6.10 Å². The number of benzene rings is 2. The van der Waals surface area contributed by atoms with Crippen LogP contribution in [0.5, 0.6) is 5.75 Å². The minimum Gasteiger partial charge on any atom is -0.483 e. The van der Waals surface area contributed by atoms with E-state index in [2.05, 4.69) is 5.32 Å². The minimum absolute atomic E-state index is 0.0412. The van der Waals surface area contributed by atoms with E-state index in [0.29, 0.717) is 5.75 Å². The number of ether oxygens (including phenoxy) is 1. The summed E-state index contributed by atoms with van der Waals surface area (Å²) in [5.41, 5.74) is 3.85. The van der Waals surface area contributed by atoms with Gasteiger partial charge in [0.25, 0.3) is 5.91 Å². The third-order valence-corrected chi connectivity index (χ3v) is 4.13. The Hall–Kier alpha value is -2.33. The molecule has 120 valence electrons. The lowest BCUT2D eigenvalue weighted by Gasteiger charge is -2.23. The van der Waals surface area contributed by atoms with Crippen LogP contribution in [0.2, 0.25) is 0 Å². The summed E-state index contributed by atoms with van der Waals surface area (Å²) >= 11 is 0. The van der Waals surface area contributed by atoms with Crippen LogP contribution in [0.4, 0.5) is 5.69 Å². The molecule has 0 aliphatic heterocycles. The summed E-state index contributed by atoms with van der Waals surface area (Å²) in [6.07, 6.45) is 2.17. The molecule has 1 atom stereocenters. The fourth-order valence-corrected chi connectivity index (χ4v) is 2.90. The van der Waals surface area contributed by atoms with Crippen LogP contribution in [-0.4, -0.2) is 17.6 Å². The quantitative estimate of drug-likeness (QED) is 0.910. The number of anilines is 1. The third kappa shape index (κ3) is 3.71. The molecule has 0 heterocycles.